The monoisotopic (exact) mass is 610 g/mol. The fourth-order valence-electron chi connectivity index (χ4n) is 4.22. The van der Waals surface area contributed by atoms with Crippen LogP contribution in [-0.2, 0) is 28.6 Å². The van der Waals surface area contributed by atoms with Gasteiger partial charge in [0, 0.05) is 46.0 Å². The van der Waals surface area contributed by atoms with E-state index in [0.29, 0.717) is 40.3 Å². The zero-order chi connectivity index (χ0) is 29.0. The second-order valence-electron chi connectivity index (χ2n) is 9.33. The summed E-state index contributed by atoms with van der Waals surface area (Å²) < 4.78 is 16.1. The van der Waals surface area contributed by atoms with Crippen LogP contribution in [0.2, 0.25) is 10.0 Å². The van der Waals surface area contributed by atoms with Crippen molar-refractivity contribution in [3.63, 3.8) is 0 Å². The van der Waals surface area contributed by atoms with E-state index in [4.69, 9.17) is 42.4 Å². The Morgan fingerprint density at radius 1 is 1.25 bits per heavy atom. The number of aliphatic carboxylic acids is 1. The predicted molar refractivity (Wildman–Crippen MR) is 149 cm³/mol. The molecule has 0 amide bonds. The quantitative estimate of drug-likeness (QED) is 0.405. The zero-order valence-corrected chi connectivity index (χ0v) is 24.3. The highest BCUT2D eigenvalue weighted by Gasteiger charge is 2.38. The number of nitrogens with zero attached hydrogens (tertiary/aromatic N) is 3. The van der Waals surface area contributed by atoms with Crippen LogP contribution in [0.4, 0.5) is 0 Å². The molecule has 2 aromatic rings. The molecule has 214 valence electrons. The third kappa shape index (κ3) is 6.99. The number of ether oxygens (including phenoxy) is 3. The number of thiazole rings is 1. The molecule has 40 heavy (non-hydrogen) atoms. The lowest BCUT2D eigenvalue weighted by atomic mass is 9.95. The number of hydrogen-bond acceptors (Lipinski definition) is 11. The summed E-state index contributed by atoms with van der Waals surface area (Å²) >= 11 is 14.1. The molecule has 1 aromatic carbocycles. The smallest absolute Gasteiger partial charge is 0.347 e. The van der Waals surface area contributed by atoms with Gasteiger partial charge in [-0.05, 0) is 32.9 Å². The van der Waals surface area contributed by atoms with Gasteiger partial charge in [-0.2, -0.15) is 0 Å². The number of rotatable bonds is 9. The number of carbonyl (C=O) groups is 3. The fraction of sp³-hybridized carbons (Fsp3) is 0.423. The van der Waals surface area contributed by atoms with E-state index in [-0.39, 0.29) is 23.7 Å². The molecule has 14 heteroatoms. The van der Waals surface area contributed by atoms with Gasteiger partial charge in [-0.25, -0.2) is 14.6 Å². The summed E-state index contributed by atoms with van der Waals surface area (Å²) in [6.45, 7) is 5.41. The van der Waals surface area contributed by atoms with Crippen molar-refractivity contribution >= 4 is 58.3 Å². The van der Waals surface area contributed by atoms with Crippen LogP contribution in [0.25, 0.3) is 0 Å². The Morgan fingerprint density at radius 3 is 2.67 bits per heavy atom. The second-order valence-corrected chi connectivity index (χ2v) is 11.1. The highest BCUT2D eigenvalue weighted by Crippen LogP contribution is 2.38. The van der Waals surface area contributed by atoms with Crippen molar-refractivity contribution in [1.29, 1.82) is 0 Å². The maximum atomic E-state index is 13.8. The normalized spacial score (nSPS) is 20.5. The number of nitrogens with one attached hydrogen (secondary N) is 1. The first-order valence-electron chi connectivity index (χ1n) is 12.4. The molecule has 1 fully saturated rings. The van der Waals surface area contributed by atoms with Crippen LogP contribution < -0.4 is 5.32 Å². The van der Waals surface area contributed by atoms with E-state index in [1.54, 1.807) is 42.5 Å². The summed E-state index contributed by atoms with van der Waals surface area (Å²) in [5, 5.41) is 15.9. The van der Waals surface area contributed by atoms with Crippen LogP contribution in [0, 0.1) is 0 Å². The molecule has 0 bridgehead atoms. The number of hydrogen-bond donors (Lipinski definition) is 2. The van der Waals surface area contributed by atoms with Gasteiger partial charge in [0.05, 0.1) is 24.9 Å². The van der Waals surface area contributed by atoms with Crippen molar-refractivity contribution in [3.8, 4) is 0 Å². The lowest BCUT2D eigenvalue weighted by Crippen LogP contribution is -2.52. The van der Waals surface area contributed by atoms with Crippen molar-refractivity contribution in [2.45, 2.75) is 45.1 Å². The largest absolute Gasteiger partial charge is 0.480 e. The molecular weight excluding hydrogens is 583 g/mol. The number of esters is 2. The highest BCUT2D eigenvalue weighted by atomic mass is 35.5. The Hall–Kier alpha value is -3.03. The van der Waals surface area contributed by atoms with Crippen LogP contribution in [0.3, 0.4) is 0 Å². The Labute approximate surface area is 244 Å². The molecule has 3 atom stereocenters. The molecule has 0 spiro atoms. The van der Waals surface area contributed by atoms with E-state index < -0.39 is 42.2 Å². The van der Waals surface area contributed by atoms with Gasteiger partial charge in [0.15, 0.2) is 16.9 Å². The summed E-state index contributed by atoms with van der Waals surface area (Å²) in [4.78, 5) is 49.0. The minimum atomic E-state index is -1.22. The van der Waals surface area contributed by atoms with Crippen LogP contribution in [-0.4, -0.2) is 83.3 Å². The van der Waals surface area contributed by atoms with E-state index in [2.05, 4.69) is 10.3 Å². The number of benzene rings is 1. The molecule has 1 saturated heterocycles. The average Bonchev–Trinajstić information content (AvgIpc) is 3.43. The molecule has 0 aliphatic carbocycles. The fourth-order valence-corrected chi connectivity index (χ4v) is 5.32. The first-order valence-corrected chi connectivity index (χ1v) is 14.1. The van der Waals surface area contributed by atoms with Gasteiger partial charge in [0.25, 0.3) is 0 Å². The Morgan fingerprint density at radius 2 is 2.02 bits per heavy atom. The zero-order valence-electron chi connectivity index (χ0n) is 21.9. The lowest BCUT2D eigenvalue weighted by molar-refractivity contribution is -0.167. The van der Waals surface area contributed by atoms with Crippen LogP contribution in [0.5, 0.6) is 0 Å². The standard InChI is InChI=1S/C26H28Cl2N4O7S/c1-13(2)38-25(35)14(3)39-26(36)20-18(11-32-7-8-37-12-19(32)24(33)34)30-22(23-29-6-9-40-23)31-21(20)16-5-4-15(27)10-17(16)28/h4-6,9-10,13-14,19,21H,7-8,11-12H2,1-3H3,(H,30,31)(H,33,34). The number of halogens is 2. The van der Waals surface area contributed by atoms with Crippen LogP contribution in [0.15, 0.2) is 46.0 Å². The van der Waals surface area contributed by atoms with Gasteiger partial charge in [0.2, 0.25) is 0 Å². The number of carboxylic acid groups (broad SMARTS) is 1. The summed E-state index contributed by atoms with van der Waals surface area (Å²) in [6, 6.07) is 2.88. The maximum absolute atomic E-state index is 13.8. The first kappa shape index (κ1) is 29.9. The van der Waals surface area contributed by atoms with Crippen molar-refractivity contribution in [1.82, 2.24) is 15.2 Å². The SMILES string of the molecule is CC(C)OC(=O)C(C)OC(=O)C1=C(CN2CCOCC2C(=O)O)NC(c2nccs2)=NC1c1ccc(Cl)cc1Cl. The topological polar surface area (TPSA) is 140 Å². The molecule has 4 rings (SSSR count). The van der Waals surface area contributed by atoms with E-state index in [1.807, 2.05) is 0 Å². The van der Waals surface area contributed by atoms with E-state index in [0.717, 1.165) is 0 Å². The predicted octanol–water partition coefficient (Wildman–Crippen LogP) is 3.46. The minimum absolute atomic E-state index is 0.0136. The van der Waals surface area contributed by atoms with Gasteiger partial charge in [0.1, 0.15) is 12.1 Å². The Kier molecular flexibility index (Phi) is 9.80. The molecule has 11 nitrogen and oxygen atoms in total. The van der Waals surface area contributed by atoms with Crippen LogP contribution >= 0.6 is 34.5 Å². The molecular formula is C26H28Cl2N4O7S. The third-order valence-corrected chi connectivity index (χ3v) is 7.43. The van der Waals surface area contributed by atoms with E-state index >= 15 is 0 Å². The van der Waals surface area contributed by atoms with Crippen molar-refractivity contribution in [2.24, 2.45) is 4.99 Å². The van der Waals surface area contributed by atoms with Gasteiger partial charge in [-0.1, -0.05) is 29.3 Å². The summed E-state index contributed by atoms with van der Waals surface area (Å²) in [5.41, 5.74) is 0.850. The van der Waals surface area contributed by atoms with Gasteiger partial charge in [-0.15, -0.1) is 11.3 Å². The third-order valence-electron chi connectivity index (χ3n) is 6.09. The summed E-state index contributed by atoms with van der Waals surface area (Å²) in [5.74, 6) is -2.24. The minimum Gasteiger partial charge on any atom is -0.480 e. The van der Waals surface area contributed by atoms with E-state index in [1.165, 1.54) is 24.3 Å². The first-order chi connectivity index (χ1) is 19.0. The van der Waals surface area contributed by atoms with Gasteiger partial charge in [-0.3, -0.25) is 14.7 Å². The second kappa shape index (κ2) is 13.1. The van der Waals surface area contributed by atoms with E-state index in [9.17, 15) is 19.5 Å². The number of carbonyl (C=O) groups excluding carboxylic acids is 2. The number of aliphatic imine (C=N–C) groups is 1. The number of amidine groups is 1. The summed E-state index contributed by atoms with van der Waals surface area (Å²) in [7, 11) is 0. The van der Waals surface area contributed by atoms with Crippen LogP contribution in [0.1, 0.15) is 37.4 Å². The average molecular weight is 612 g/mol. The number of carboxylic acids is 1. The van der Waals surface area contributed by atoms with Crippen molar-refractivity contribution in [2.75, 3.05) is 26.3 Å². The molecule has 3 heterocycles. The molecule has 0 radical (unpaired) electrons. The highest BCUT2D eigenvalue weighted by molar-refractivity contribution is 7.11. The number of morpholine rings is 1. The van der Waals surface area contributed by atoms with Gasteiger partial charge >= 0.3 is 17.9 Å². The van der Waals surface area contributed by atoms with Crippen molar-refractivity contribution in [3.05, 3.63) is 61.7 Å². The molecule has 2 aliphatic rings. The lowest BCUT2D eigenvalue weighted by Gasteiger charge is -2.35. The summed E-state index contributed by atoms with van der Waals surface area (Å²) in [6.07, 6.45) is -0.00358. The molecule has 0 saturated carbocycles. The Balaban J connectivity index is 1.81. The van der Waals surface area contributed by atoms with Gasteiger partial charge < -0.3 is 24.6 Å². The maximum Gasteiger partial charge on any atom is 0.347 e. The molecule has 3 unspecified atom stereocenters. The number of aromatic nitrogens is 1. The molecule has 2 N–H and O–H groups in total. The molecule has 2 aliphatic heterocycles. The Bertz CT molecular complexity index is 1330. The molecule has 1 aromatic heterocycles. The van der Waals surface area contributed by atoms with Crippen molar-refractivity contribution < 1.29 is 33.7 Å².